The number of nitrogens with zero attached hydrogens (tertiary/aromatic N) is 1. The highest BCUT2D eigenvalue weighted by atomic mass is 19.1. The van der Waals surface area contributed by atoms with Crippen LogP contribution in [0, 0.1) is 5.82 Å². The van der Waals surface area contributed by atoms with Crippen LogP contribution in [0.4, 0.5) is 9.18 Å². The monoisotopic (exact) mass is 442 g/mol. The standard InChI is InChI=1S/C23H28BFN2O5/c1-22(2)23(3,4)32-24(31-22)18(11-17-12-19(25)14-26-20(17)29-5)13-27-21(28)30-15-16-9-7-6-8-10-16/h6-12,14H,13,15H2,1-5H3,(H,27,28). The Morgan fingerprint density at radius 1 is 1.19 bits per heavy atom. The molecular weight excluding hydrogens is 414 g/mol. The van der Waals surface area contributed by atoms with Gasteiger partial charge >= 0.3 is 13.2 Å². The van der Waals surface area contributed by atoms with Crippen molar-refractivity contribution in [2.75, 3.05) is 13.7 Å². The minimum Gasteiger partial charge on any atom is -0.481 e. The maximum Gasteiger partial charge on any atom is 0.492 e. The molecule has 1 fully saturated rings. The number of benzene rings is 1. The number of pyridine rings is 1. The molecule has 0 saturated carbocycles. The molecule has 0 radical (unpaired) electrons. The van der Waals surface area contributed by atoms with Gasteiger partial charge in [-0.3, -0.25) is 0 Å². The lowest BCUT2D eigenvalue weighted by molar-refractivity contribution is 0.00578. The summed E-state index contributed by atoms with van der Waals surface area (Å²) < 4.78 is 36.6. The number of ether oxygens (including phenoxy) is 2. The first-order valence-corrected chi connectivity index (χ1v) is 10.3. The molecule has 170 valence electrons. The van der Waals surface area contributed by atoms with Crippen LogP contribution in [0.2, 0.25) is 0 Å². The lowest BCUT2D eigenvalue weighted by Gasteiger charge is -2.32. The number of amides is 1. The fraction of sp³-hybridized carbons (Fsp3) is 0.391. The van der Waals surface area contributed by atoms with E-state index >= 15 is 0 Å². The SMILES string of the molecule is COc1ncc(F)cc1C=C(CNC(=O)OCc1ccccc1)B1OC(C)(C)C(C)(C)O1. The second kappa shape index (κ2) is 9.71. The summed E-state index contributed by atoms with van der Waals surface area (Å²) in [5.41, 5.74) is 0.659. The molecule has 1 N–H and O–H groups in total. The number of halogens is 1. The van der Waals surface area contributed by atoms with Gasteiger partial charge in [0.2, 0.25) is 5.88 Å². The highest BCUT2D eigenvalue weighted by Crippen LogP contribution is 2.39. The molecule has 1 aromatic heterocycles. The zero-order valence-electron chi connectivity index (χ0n) is 19.0. The van der Waals surface area contributed by atoms with E-state index in [1.54, 1.807) is 6.08 Å². The molecule has 3 rings (SSSR count). The molecule has 7 nitrogen and oxygen atoms in total. The number of nitrogens with one attached hydrogen (secondary N) is 1. The number of rotatable bonds is 7. The maximum absolute atomic E-state index is 13.8. The molecule has 0 aliphatic carbocycles. The van der Waals surface area contributed by atoms with Crippen LogP contribution >= 0.6 is 0 Å². The molecule has 1 amide bonds. The number of hydrogen-bond donors (Lipinski definition) is 1. The number of carbonyl (C=O) groups excluding carboxylic acids is 1. The van der Waals surface area contributed by atoms with E-state index in [4.69, 9.17) is 18.8 Å². The third kappa shape index (κ3) is 5.66. The largest absolute Gasteiger partial charge is 0.492 e. The van der Waals surface area contributed by atoms with Gasteiger partial charge in [-0.2, -0.15) is 0 Å². The van der Waals surface area contributed by atoms with Crippen molar-refractivity contribution in [3.63, 3.8) is 0 Å². The number of carbonyl (C=O) groups is 1. The summed E-state index contributed by atoms with van der Waals surface area (Å²) in [6.45, 7) is 7.91. The maximum atomic E-state index is 13.8. The summed E-state index contributed by atoms with van der Waals surface area (Å²) in [6.07, 6.45) is 2.12. The first kappa shape index (κ1) is 23.8. The van der Waals surface area contributed by atoms with Gasteiger partial charge in [0, 0.05) is 12.1 Å². The summed E-state index contributed by atoms with van der Waals surface area (Å²) in [4.78, 5) is 16.2. The van der Waals surface area contributed by atoms with Crippen LogP contribution in [0.15, 0.2) is 48.1 Å². The van der Waals surface area contributed by atoms with Gasteiger partial charge in [-0.25, -0.2) is 14.2 Å². The van der Waals surface area contributed by atoms with Crippen LogP contribution in [-0.4, -0.2) is 43.1 Å². The van der Waals surface area contributed by atoms with Gasteiger partial charge < -0.3 is 24.1 Å². The van der Waals surface area contributed by atoms with Crippen molar-refractivity contribution in [3.05, 3.63) is 65.0 Å². The molecule has 0 atom stereocenters. The van der Waals surface area contributed by atoms with E-state index in [0.717, 1.165) is 11.8 Å². The Morgan fingerprint density at radius 3 is 2.47 bits per heavy atom. The van der Waals surface area contributed by atoms with E-state index in [9.17, 15) is 9.18 Å². The van der Waals surface area contributed by atoms with Crippen molar-refractivity contribution in [1.82, 2.24) is 10.3 Å². The van der Waals surface area contributed by atoms with Gasteiger partial charge in [-0.05, 0) is 44.8 Å². The molecule has 1 aliphatic rings. The van der Waals surface area contributed by atoms with Crippen LogP contribution < -0.4 is 10.1 Å². The fourth-order valence-corrected chi connectivity index (χ4v) is 3.06. The first-order valence-electron chi connectivity index (χ1n) is 10.3. The summed E-state index contributed by atoms with van der Waals surface area (Å²) >= 11 is 0. The molecule has 1 aromatic carbocycles. The molecule has 2 heterocycles. The zero-order valence-corrected chi connectivity index (χ0v) is 19.0. The quantitative estimate of drug-likeness (QED) is 0.649. The lowest BCUT2D eigenvalue weighted by Crippen LogP contribution is -2.41. The molecule has 1 aliphatic heterocycles. The second-order valence-corrected chi connectivity index (χ2v) is 8.47. The van der Waals surface area contributed by atoms with Crippen molar-refractivity contribution >= 4 is 19.3 Å². The summed E-state index contributed by atoms with van der Waals surface area (Å²) in [5, 5.41) is 2.71. The van der Waals surface area contributed by atoms with Crippen LogP contribution in [0.1, 0.15) is 38.8 Å². The molecule has 1 saturated heterocycles. The van der Waals surface area contributed by atoms with Gasteiger partial charge in [-0.15, -0.1) is 0 Å². The number of alkyl carbamates (subject to hydrolysis) is 1. The normalized spacial score (nSPS) is 17.2. The lowest BCUT2D eigenvalue weighted by atomic mass is 9.77. The van der Waals surface area contributed by atoms with Crippen LogP contribution in [0.5, 0.6) is 5.88 Å². The molecule has 9 heteroatoms. The number of aromatic nitrogens is 1. The van der Waals surface area contributed by atoms with E-state index < -0.39 is 30.2 Å². The summed E-state index contributed by atoms with van der Waals surface area (Å²) in [6, 6.07) is 10.7. The van der Waals surface area contributed by atoms with Crippen molar-refractivity contribution < 1.29 is 28.0 Å². The highest BCUT2D eigenvalue weighted by molar-refractivity contribution is 6.56. The molecule has 0 spiro atoms. The third-order valence-corrected chi connectivity index (χ3v) is 5.59. The van der Waals surface area contributed by atoms with Gasteiger partial charge in [0.25, 0.3) is 0 Å². The van der Waals surface area contributed by atoms with Crippen molar-refractivity contribution in [3.8, 4) is 5.88 Å². The Labute approximate surface area is 188 Å². The average Bonchev–Trinajstić information content (AvgIpc) is 2.97. The summed E-state index contributed by atoms with van der Waals surface area (Å²) in [5.74, 6) is -0.271. The van der Waals surface area contributed by atoms with E-state index in [1.165, 1.54) is 13.2 Å². The predicted octanol–water partition coefficient (Wildman–Crippen LogP) is 4.17. The predicted molar refractivity (Wildman–Crippen MR) is 119 cm³/mol. The molecule has 0 bridgehead atoms. The molecular formula is C23H28BFN2O5. The second-order valence-electron chi connectivity index (χ2n) is 8.47. The van der Waals surface area contributed by atoms with E-state index in [0.29, 0.717) is 11.0 Å². The average molecular weight is 442 g/mol. The van der Waals surface area contributed by atoms with Gasteiger partial charge in [0.05, 0.1) is 24.5 Å². The van der Waals surface area contributed by atoms with Crippen LogP contribution in [0.3, 0.4) is 0 Å². The van der Waals surface area contributed by atoms with Gasteiger partial charge in [0.1, 0.15) is 12.4 Å². The van der Waals surface area contributed by atoms with Crippen molar-refractivity contribution in [2.24, 2.45) is 0 Å². The van der Waals surface area contributed by atoms with E-state index in [2.05, 4.69) is 10.3 Å². The topological polar surface area (TPSA) is 78.9 Å². The van der Waals surface area contributed by atoms with Crippen LogP contribution in [0.25, 0.3) is 6.08 Å². The Balaban J connectivity index is 1.78. The zero-order chi connectivity index (χ0) is 23.4. The third-order valence-electron chi connectivity index (χ3n) is 5.59. The van der Waals surface area contributed by atoms with E-state index in [-0.39, 0.29) is 19.0 Å². The van der Waals surface area contributed by atoms with Crippen molar-refractivity contribution in [2.45, 2.75) is 45.5 Å². The fourth-order valence-electron chi connectivity index (χ4n) is 3.06. The first-order chi connectivity index (χ1) is 15.1. The number of hydrogen-bond acceptors (Lipinski definition) is 6. The van der Waals surface area contributed by atoms with Crippen LogP contribution in [-0.2, 0) is 20.7 Å². The smallest absolute Gasteiger partial charge is 0.481 e. The van der Waals surface area contributed by atoms with E-state index in [1.807, 2.05) is 58.0 Å². The number of methoxy groups -OCH3 is 1. The Bertz CT molecular complexity index is 966. The molecule has 32 heavy (non-hydrogen) atoms. The minimum atomic E-state index is -0.762. The highest BCUT2D eigenvalue weighted by Gasteiger charge is 2.52. The Hall–Kier alpha value is -2.91. The van der Waals surface area contributed by atoms with Gasteiger partial charge in [0.15, 0.2) is 0 Å². The summed E-state index contributed by atoms with van der Waals surface area (Å²) in [7, 11) is 0.688. The minimum absolute atomic E-state index is 0.0596. The van der Waals surface area contributed by atoms with Crippen molar-refractivity contribution in [1.29, 1.82) is 0 Å². The molecule has 0 unspecified atom stereocenters. The van der Waals surface area contributed by atoms with Gasteiger partial charge in [-0.1, -0.05) is 36.4 Å². The molecule has 2 aromatic rings. The Kier molecular flexibility index (Phi) is 7.21. The Morgan fingerprint density at radius 2 is 1.84 bits per heavy atom.